The number of fused-ring (bicyclic) bond motifs is 2. The molecule has 0 bridgehead atoms. The van der Waals surface area contributed by atoms with E-state index in [9.17, 15) is 14.4 Å². The third-order valence-electron chi connectivity index (χ3n) is 5.87. The molecule has 0 aliphatic heterocycles. The minimum atomic E-state index is -0.932. The summed E-state index contributed by atoms with van der Waals surface area (Å²) >= 11 is 0. The van der Waals surface area contributed by atoms with Crippen molar-refractivity contribution in [1.82, 2.24) is 15.6 Å². The first-order valence-corrected chi connectivity index (χ1v) is 12.0. The van der Waals surface area contributed by atoms with Crippen molar-refractivity contribution in [3.8, 4) is 0 Å². The summed E-state index contributed by atoms with van der Waals surface area (Å²) in [6.45, 7) is 5.27. The van der Waals surface area contributed by atoms with Gasteiger partial charge in [0.2, 0.25) is 5.91 Å². The second-order valence-electron chi connectivity index (χ2n) is 9.90. The molecule has 36 heavy (non-hydrogen) atoms. The second-order valence-corrected chi connectivity index (χ2v) is 9.90. The van der Waals surface area contributed by atoms with Crippen LogP contribution < -0.4 is 10.6 Å². The molecule has 3 aromatic carbocycles. The van der Waals surface area contributed by atoms with Gasteiger partial charge in [-0.25, -0.2) is 4.79 Å². The smallest absolute Gasteiger partial charge is 0.408 e. The summed E-state index contributed by atoms with van der Waals surface area (Å²) in [6, 6.07) is 20.0. The highest BCUT2D eigenvalue weighted by Crippen LogP contribution is 2.20. The summed E-state index contributed by atoms with van der Waals surface area (Å²) in [4.78, 5) is 41.0. The Morgan fingerprint density at radius 1 is 0.944 bits per heavy atom. The van der Waals surface area contributed by atoms with Gasteiger partial charge in [0.25, 0.3) is 0 Å². The molecule has 2 atom stereocenters. The number of benzene rings is 3. The largest absolute Gasteiger partial charge is 0.444 e. The third kappa shape index (κ3) is 6.30. The van der Waals surface area contributed by atoms with Gasteiger partial charge in [0.05, 0.1) is 6.04 Å². The predicted octanol–water partition coefficient (Wildman–Crippen LogP) is 4.68. The van der Waals surface area contributed by atoms with Gasteiger partial charge < -0.3 is 25.1 Å². The number of para-hydroxylation sites is 1. The Hall–Kier alpha value is -4.13. The Balaban J connectivity index is 1.51. The van der Waals surface area contributed by atoms with E-state index in [1.807, 2.05) is 72.9 Å². The summed E-state index contributed by atoms with van der Waals surface area (Å²) < 4.78 is 5.39. The van der Waals surface area contributed by atoms with Crippen molar-refractivity contribution in [2.45, 2.75) is 51.3 Å². The molecule has 4 rings (SSSR count). The van der Waals surface area contributed by atoms with Gasteiger partial charge in [-0.2, -0.15) is 0 Å². The molecule has 0 radical (unpaired) electrons. The van der Waals surface area contributed by atoms with Crippen molar-refractivity contribution in [2.24, 2.45) is 0 Å². The van der Waals surface area contributed by atoms with E-state index in [0.717, 1.165) is 39.1 Å². The standard InChI is InChI=1S/C29H31N3O4/c1-29(2,3)36-28(35)32-26(16-22-17-30-25-11-7-6-10-24(22)25)27(34)31-23(18-33)15-19-12-13-20-8-4-5-9-21(20)14-19/h4-14,17-18,23,26,30H,15-16H2,1-3H3,(H,31,34)(H,32,35)/t23-,26-/m0/s1. The minimum Gasteiger partial charge on any atom is -0.444 e. The maximum Gasteiger partial charge on any atom is 0.408 e. The molecule has 0 fully saturated rings. The number of hydrogen-bond donors (Lipinski definition) is 3. The van der Waals surface area contributed by atoms with E-state index in [2.05, 4.69) is 15.6 Å². The van der Waals surface area contributed by atoms with Crippen LogP contribution in [0, 0.1) is 0 Å². The summed E-state index contributed by atoms with van der Waals surface area (Å²) in [5.41, 5.74) is 2.03. The number of amides is 2. The number of ether oxygens (including phenoxy) is 1. The minimum absolute atomic E-state index is 0.233. The number of alkyl carbamates (subject to hydrolysis) is 1. The molecule has 0 unspecified atom stereocenters. The fourth-order valence-corrected chi connectivity index (χ4v) is 4.22. The van der Waals surface area contributed by atoms with Crippen LogP contribution in [0.2, 0.25) is 0 Å². The van der Waals surface area contributed by atoms with Crippen LogP contribution in [0.1, 0.15) is 31.9 Å². The number of H-pyrrole nitrogens is 1. The highest BCUT2D eigenvalue weighted by Gasteiger charge is 2.27. The molecular formula is C29H31N3O4. The zero-order chi connectivity index (χ0) is 25.7. The predicted molar refractivity (Wildman–Crippen MR) is 141 cm³/mol. The molecule has 0 aliphatic rings. The maximum absolute atomic E-state index is 13.3. The average molecular weight is 486 g/mol. The number of carbonyl (C=O) groups is 3. The van der Waals surface area contributed by atoms with E-state index >= 15 is 0 Å². The SMILES string of the molecule is CC(C)(C)OC(=O)N[C@@H](Cc1c[nH]c2ccccc12)C(=O)N[C@H](C=O)Cc1ccc2ccccc2c1. The van der Waals surface area contributed by atoms with Gasteiger partial charge >= 0.3 is 6.09 Å². The summed E-state index contributed by atoms with van der Waals surface area (Å²) in [5, 5.41) is 8.63. The van der Waals surface area contributed by atoms with E-state index in [1.54, 1.807) is 20.8 Å². The summed E-state index contributed by atoms with van der Waals surface area (Å²) in [7, 11) is 0. The molecule has 2 amide bonds. The summed E-state index contributed by atoms with van der Waals surface area (Å²) in [6.07, 6.45) is 2.43. The van der Waals surface area contributed by atoms with Crippen LogP contribution >= 0.6 is 0 Å². The fraction of sp³-hybridized carbons (Fsp3) is 0.276. The van der Waals surface area contributed by atoms with Crippen LogP contribution in [-0.4, -0.2) is 41.0 Å². The van der Waals surface area contributed by atoms with E-state index in [1.165, 1.54) is 0 Å². The first-order chi connectivity index (χ1) is 17.2. The Labute approximate surface area is 210 Å². The monoisotopic (exact) mass is 485 g/mol. The van der Waals surface area contributed by atoms with Crippen LogP contribution in [0.15, 0.2) is 72.9 Å². The lowest BCUT2D eigenvalue weighted by molar-refractivity contribution is -0.125. The Morgan fingerprint density at radius 2 is 1.67 bits per heavy atom. The first-order valence-electron chi connectivity index (χ1n) is 12.0. The van der Waals surface area contributed by atoms with Crippen molar-refractivity contribution in [1.29, 1.82) is 0 Å². The summed E-state index contributed by atoms with van der Waals surface area (Å²) in [5.74, 6) is -0.455. The van der Waals surface area contributed by atoms with Crippen LogP contribution in [0.5, 0.6) is 0 Å². The lowest BCUT2D eigenvalue weighted by Crippen LogP contribution is -2.52. The van der Waals surface area contributed by atoms with Gasteiger partial charge in [-0.15, -0.1) is 0 Å². The second kappa shape index (κ2) is 10.6. The third-order valence-corrected chi connectivity index (χ3v) is 5.87. The van der Waals surface area contributed by atoms with Crippen molar-refractivity contribution in [3.63, 3.8) is 0 Å². The van der Waals surface area contributed by atoms with Crippen LogP contribution in [0.25, 0.3) is 21.7 Å². The van der Waals surface area contributed by atoms with Crippen molar-refractivity contribution in [3.05, 3.63) is 84.1 Å². The molecule has 7 nitrogen and oxygen atoms in total. The molecule has 0 saturated heterocycles. The zero-order valence-corrected chi connectivity index (χ0v) is 20.7. The highest BCUT2D eigenvalue weighted by atomic mass is 16.6. The highest BCUT2D eigenvalue weighted by molar-refractivity contribution is 5.90. The van der Waals surface area contributed by atoms with Gasteiger partial charge in [-0.05, 0) is 55.2 Å². The Kier molecular flexibility index (Phi) is 7.38. The number of hydrogen-bond acceptors (Lipinski definition) is 4. The molecule has 1 aromatic heterocycles. The number of aldehydes is 1. The number of aromatic amines is 1. The molecule has 0 saturated carbocycles. The van der Waals surface area contributed by atoms with Crippen molar-refractivity contribution < 1.29 is 19.1 Å². The first kappa shape index (κ1) is 25.0. The van der Waals surface area contributed by atoms with E-state index in [0.29, 0.717) is 6.42 Å². The van der Waals surface area contributed by atoms with Crippen LogP contribution in [0.3, 0.4) is 0 Å². The molecule has 1 heterocycles. The number of carbonyl (C=O) groups excluding carboxylic acids is 3. The number of nitrogens with one attached hydrogen (secondary N) is 3. The average Bonchev–Trinajstić information content (AvgIpc) is 3.24. The number of rotatable bonds is 8. The van der Waals surface area contributed by atoms with E-state index < -0.39 is 29.7 Å². The molecular weight excluding hydrogens is 454 g/mol. The van der Waals surface area contributed by atoms with Crippen LogP contribution in [0.4, 0.5) is 4.79 Å². The molecule has 7 heteroatoms. The molecule has 3 N–H and O–H groups in total. The van der Waals surface area contributed by atoms with Crippen molar-refractivity contribution in [2.75, 3.05) is 0 Å². The van der Waals surface area contributed by atoms with E-state index in [-0.39, 0.29) is 6.42 Å². The van der Waals surface area contributed by atoms with Gasteiger partial charge in [0.15, 0.2) is 0 Å². The molecule has 186 valence electrons. The molecule has 0 spiro atoms. The normalized spacial score (nSPS) is 13.2. The lowest BCUT2D eigenvalue weighted by atomic mass is 10.0. The fourth-order valence-electron chi connectivity index (χ4n) is 4.22. The van der Waals surface area contributed by atoms with Gasteiger partial charge in [-0.1, -0.05) is 60.7 Å². The van der Waals surface area contributed by atoms with E-state index in [4.69, 9.17) is 4.74 Å². The maximum atomic E-state index is 13.3. The Morgan fingerprint density at radius 3 is 2.42 bits per heavy atom. The van der Waals surface area contributed by atoms with Crippen molar-refractivity contribution >= 4 is 40.0 Å². The number of aromatic nitrogens is 1. The quantitative estimate of drug-likeness (QED) is 0.315. The lowest BCUT2D eigenvalue weighted by Gasteiger charge is -2.24. The van der Waals surface area contributed by atoms with Gasteiger partial charge in [0, 0.05) is 23.5 Å². The van der Waals surface area contributed by atoms with Gasteiger partial charge in [0.1, 0.15) is 17.9 Å². The molecule has 4 aromatic rings. The van der Waals surface area contributed by atoms with Crippen LogP contribution in [-0.2, 0) is 27.2 Å². The Bertz CT molecular complexity index is 1390. The zero-order valence-electron chi connectivity index (χ0n) is 20.7. The van der Waals surface area contributed by atoms with Gasteiger partial charge in [-0.3, -0.25) is 4.79 Å². The topological polar surface area (TPSA) is 100 Å². The molecule has 0 aliphatic carbocycles.